The van der Waals surface area contributed by atoms with Crippen LogP contribution in [0.25, 0.3) is 0 Å². The third-order valence-electron chi connectivity index (χ3n) is 8.60. The van der Waals surface area contributed by atoms with Crippen molar-refractivity contribution in [2.45, 2.75) is 95.0 Å². The van der Waals surface area contributed by atoms with E-state index in [1.807, 2.05) is 10.8 Å². The summed E-state index contributed by atoms with van der Waals surface area (Å²) in [5.41, 5.74) is -2.16. The largest absolute Gasteiger partial charge is 0.444 e. The minimum absolute atomic E-state index is 0.0648. The normalized spacial score (nSPS) is 25.5. The van der Waals surface area contributed by atoms with Crippen LogP contribution in [-0.4, -0.2) is 110 Å². The Labute approximate surface area is 298 Å². The zero-order chi connectivity index (χ0) is 37.6. The molecule has 5 atom stereocenters. The van der Waals surface area contributed by atoms with E-state index in [0.29, 0.717) is 24.9 Å². The lowest BCUT2D eigenvalue weighted by atomic mass is 10.0. The van der Waals surface area contributed by atoms with Gasteiger partial charge in [0.15, 0.2) is 0 Å². The molecule has 0 radical (unpaired) electrons. The lowest BCUT2D eigenvalue weighted by Crippen LogP contribution is -2.58. The molecular formula is C34H48N6O10S. The highest BCUT2D eigenvalue weighted by Gasteiger charge is 2.61. The topological polar surface area (TPSA) is 210 Å². The monoisotopic (exact) mass is 732 g/mol. The maximum atomic E-state index is 14.1. The van der Waals surface area contributed by atoms with E-state index in [1.54, 1.807) is 57.2 Å². The van der Waals surface area contributed by atoms with E-state index in [9.17, 15) is 37.2 Å². The number of nitrogens with zero attached hydrogens (tertiary/aromatic N) is 2. The fourth-order valence-corrected chi connectivity index (χ4v) is 6.98. The van der Waals surface area contributed by atoms with Gasteiger partial charge in [0.1, 0.15) is 35.1 Å². The zero-order valence-electron chi connectivity index (χ0n) is 29.6. The Morgan fingerprint density at radius 2 is 1.76 bits per heavy atom. The molecule has 51 heavy (non-hydrogen) atoms. The fourth-order valence-electron chi connectivity index (χ4n) is 6.02. The van der Waals surface area contributed by atoms with E-state index in [1.165, 1.54) is 23.9 Å². The number of alkyl carbamates (subject to hydrolysis) is 1. The Kier molecular flexibility index (Phi) is 12.4. The summed E-state index contributed by atoms with van der Waals surface area (Å²) in [6, 6.07) is 5.89. The van der Waals surface area contributed by atoms with Crippen molar-refractivity contribution >= 4 is 51.5 Å². The molecule has 6 amide bonds. The predicted molar refractivity (Wildman–Crippen MR) is 185 cm³/mol. The highest BCUT2D eigenvalue weighted by atomic mass is 32.2. The number of carbonyl (C=O) groups is 6. The van der Waals surface area contributed by atoms with Crippen LogP contribution in [0, 0.1) is 5.92 Å². The number of benzene rings is 1. The first kappa shape index (κ1) is 39.1. The van der Waals surface area contributed by atoms with Crippen LogP contribution in [0.1, 0.15) is 65.7 Å². The van der Waals surface area contributed by atoms with E-state index >= 15 is 0 Å². The minimum atomic E-state index is -4.50. The van der Waals surface area contributed by atoms with Crippen molar-refractivity contribution in [3.05, 3.63) is 42.5 Å². The van der Waals surface area contributed by atoms with E-state index in [0.717, 1.165) is 6.42 Å². The molecule has 4 rings (SSSR count). The van der Waals surface area contributed by atoms with Crippen molar-refractivity contribution in [1.29, 1.82) is 0 Å². The molecule has 4 N–H and O–H groups in total. The number of anilines is 1. The van der Waals surface area contributed by atoms with Crippen molar-refractivity contribution in [3.8, 4) is 0 Å². The first-order valence-corrected chi connectivity index (χ1v) is 18.6. The van der Waals surface area contributed by atoms with Crippen LogP contribution in [0.4, 0.5) is 15.3 Å². The zero-order valence-corrected chi connectivity index (χ0v) is 30.4. The molecule has 0 spiro atoms. The van der Waals surface area contributed by atoms with Gasteiger partial charge in [-0.05, 0) is 58.6 Å². The summed E-state index contributed by atoms with van der Waals surface area (Å²) in [5, 5.41) is 7.80. The van der Waals surface area contributed by atoms with Crippen molar-refractivity contribution in [2.24, 2.45) is 5.92 Å². The van der Waals surface area contributed by atoms with Gasteiger partial charge in [0.05, 0.1) is 6.54 Å². The number of ether oxygens (including phenoxy) is 2. The molecule has 280 valence electrons. The first-order valence-electron chi connectivity index (χ1n) is 17.0. The molecule has 17 heteroatoms. The number of sulfonamides is 1. The van der Waals surface area contributed by atoms with Crippen LogP contribution >= 0.6 is 0 Å². The number of carbonyl (C=O) groups excluding carboxylic acids is 6. The molecule has 0 bridgehead atoms. The van der Waals surface area contributed by atoms with Gasteiger partial charge in [-0.15, -0.1) is 0 Å². The van der Waals surface area contributed by atoms with Crippen molar-refractivity contribution < 1.29 is 46.7 Å². The molecule has 2 aliphatic heterocycles. The molecule has 1 saturated carbocycles. The molecule has 1 aliphatic carbocycles. The number of amides is 6. The standard InChI is InChI=1S/C34H48N6O10S/c1-33(2,3)50-31(45)36-25-17-13-8-6-7-10-14-22-19-34(22,30(44)38-51(47,48)21-27(41)35-23-15-11-9-12-16-23)37-28(42)26-18-24(20-40(26)29(25)43)49-32(46)39(4)5/h9-12,14-16,22,24-26H,6-8,13,17-21H2,1-5H3,(H,35,41)(H,36,45)(H,37,42)(H,38,44)/t22-,24-,25+,26+,34-/m1/s1. The summed E-state index contributed by atoms with van der Waals surface area (Å²) >= 11 is 0. The van der Waals surface area contributed by atoms with Crippen molar-refractivity contribution in [1.82, 2.24) is 25.2 Å². The molecule has 3 aliphatic rings. The van der Waals surface area contributed by atoms with Gasteiger partial charge < -0.3 is 35.2 Å². The van der Waals surface area contributed by atoms with Crippen LogP contribution in [0.3, 0.4) is 0 Å². The highest BCUT2D eigenvalue weighted by molar-refractivity contribution is 7.90. The first-order chi connectivity index (χ1) is 23.9. The Morgan fingerprint density at radius 3 is 2.43 bits per heavy atom. The summed E-state index contributed by atoms with van der Waals surface area (Å²) in [4.78, 5) is 82.0. The Morgan fingerprint density at radius 1 is 1.06 bits per heavy atom. The molecule has 16 nitrogen and oxygen atoms in total. The van der Waals surface area contributed by atoms with E-state index in [2.05, 4.69) is 16.0 Å². The molecule has 0 unspecified atom stereocenters. The second-order valence-corrected chi connectivity index (χ2v) is 16.0. The van der Waals surface area contributed by atoms with Crippen LogP contribution in [-0.2, 0) is 38.7 Å². The minimum Gasteiger partial charge on any atom is -0.444 e. The van der Waals surface area contributed by atoms with Crippen LogP contribution in [0.2, 0.25) is 0 Å². The molecular weight excluding hydrogens is 684 g/mol. The van der Waals surface area contributed by atoms with Crippen LogP contribution in [0.15, 0.2) is 42.5 Å². The summed E-state index contributed by atoms with van der Waals surface area (Å²) < 4.78 is 38.9. The smallest absolute Gasteiger partial charge is 0.409 e. The van der Waals surface area contributed by atoms with E-state index in [-0.39, 0.29) is 25.8 Å². The van der Waals surface area contributed by atoms with Gasteiger partial charge in [0.25, 0.3) is 5.91 Å². The third kappa shape index (κ3) is 10.9. The van der Waals surface area contributed by atoms with Crippen LogP contribution in [0.5, 0.6) is 0 Å². The van der Waals surface area contributed by atoms with Crippen LogP contribution < -0.4 is 20.7 Å². The second kappa shape index (κ2) is 16.1. The number of para-hydroxylation sites is 1. The number of nitrogens with one attached hydrogen (secondary N) is 4. The van der Waals surface area contributed by atoms with Gasteiger partial charge in [0.2, 0.25) is 27.7 Å². The number of hydrogen-bond donors (Lipinski definition) is 4. The summed E-state index contributed by atoms with van der Waals surface area (Å²) in [7, 11) is -1.53. The van der Waals surface area contributed by atoms with Gasteiger partial charge in [-0.2, -0.15) is 0 Å². The maximum Gasteiger partial charge on any atom is 0.409 e. The Hall–Kier alpha value is -4.67. The summed E-state index contributed by atoms with van der Waals surface area (Å²) in [6.07, 6.45) is 4.01. The fraction of sp³-hybridized carbons (Fsp3) is 0.588. The van der Waals surface area contributed by atoms with Gasteiger partial charge in [-0.25, -0.2) is 18.0 Å². The lowest BCUT2D eigenvalue weighted by molar-refractivity contribution is -0.141. The molecule has 2 heterocycles. The van der Waals surface area contributed by atoms with Crippen molar-refractivity contribution in [2.75, 3.05) is 31.7 Å². The molecule has 1 aromatic carbocycles. The van der Waals surface area contributed by atoms with Gasteiger partial charge in [-0.3, -0.25) is 23.9 Å². The van der Waals surface area contributed by atoms with E-state index in [4.69, 9.17) is 9.47 Å². The van der Waals surface area contributed by atoms with Gasteiger partial charge in [0, 0.05) is 32.1 Å². The Balaban J connectivity index is 1.59. The molecule has 2 fully saturated rings. The van der Waals surface area contributed by atoms with Crippen molar-refractivity contribution in [3.63, 3.8) is 0 Å². The number of hydrogen-bond acceptors (Lipinski definition) is 10. The second-order valence-electron chi connectivity index (χ2n) is 14.3. The van der Waals surface area contributed by atoms with E-state index < -0.39 is 86.8 Å². The Bertz CT molecular complexity index is 1630. The molecule has 0 aromatic heterocycles. The predicted octanol–water partition coefficient (Wildman–Crippen LogP) is 2.03. The SMILES string of the molecule is CN(C)C(=O)O[C@@H]1C[C@H]2C(=O)N[C@]3(C(=O)NS(=O)(=O)CC(=O)Nc4ccccc4)C[C@H]3C=CCCCCC[C@H](NC(=O)OC(C)(C)C)C(=O)N2C1. The number of fused-ring (bicyclic) bond motifs is 2. The molecule has 1 saturated heterocycles. The van der Waals surface area contributed by atoms with Gasteiger partial charge in [-0.1, -0.05) is 43.2 Å². The number of allylic oxidation sites excluding steroid dienone is 1. The highest BCUT2D eigenvalue weighted by Crippen LogP contribution is 2.45. The lowest BCUT2D eigenvalue weighted by Gasteiger charge is -2.30. The average Bonchev–Trinajstić information content (AvgIpc) is 3.55. The maximum absolute atomic E-state index is 14.1. The third-order valence-corrected chi connectivity index (χ3v) is 9.73. The summed E-state index contributed by atoms with van der Waals surface area (Å²) in [6.45, 7) is 4.89. The molecule has 1 aromatic rings. The number of rotatable bonds is 7. The summed E-state index contributed by atoms with van der Waals surface area (Å²) in [5.74, 6) is -4.90. The quantitative estimate of drug-likeness (QED) is 0.300. The average molecular weight is 733 g/mol. The van der Waals surface area contributed by atoms with Gasteiger partial charge >= 0.3 is 12.2 Å².